The van der Waals surface area contributed by atoms with E-state index < -0.39 is 0 Å². The fourth-order valence-electron chi connectivity index (χ4n) is 3.30. The minimum absolute atomic E-state index is 0.365. The molecule has 0 aliphatic carbocycles. The van der Waals surface area contributed by atoms with Gasteiger partial charge >= 0.3 is 129 Å². The molecule has 1 aliphatic rings. The van der Waals surface area contributed by atoms with Crippen molar-refractivity contribution in [2.24, 2.45) is 5.73 Å². The van der Waals surface area contributed by atoms with Gasteiger partial charge in [0, 0.05) is 5.56 Å². The number of hydrogen-bond donors (Lipinski definition) is 3. The van der Waals surface area contributed by atoms with Crippen molar-refractivity contribution >= 4 is 41.2 Å². The molecule has 4 rings (SSSR count). The molecule has 2 aromatic heterocycles. The Morgan fingerprint density at radius 2 is 2.22 bits per heavy atom. The Balaban J connectivity index is 1.65. The third kappa shape index (κ3) is 3.45. The van der Waals surface area contributed by atoms with E-state index in [4.69, 9.17) is 19.6 Å². The molecule has 1 aromatic carbocycles. The molecule has 27 heavy (non-hydrogen) atoms. The first-order chi connectivity index (χ1) is 13.1. The van der Waals surface area contributed by atoms with Crippen molar-refractivity contribution in [1.29, 1.82) is 0 Å². The monoisotopic (exact) mass is 352 g/mol. The molecule has 1 aliphatic heterocycles. The Labute approximate surface area is 159 Å². The first-order valence-electron chi connectivity index (χ1n) is 8.78. The van der Waals surface area contributed by atoms with Gasteiger partial charge in [0.1, 0.15) is 0 Å². The first kappa shape index (κ1) is 17.0. The molecule has 0 saturated carbocycles. The summed E-state index contributed by atoms with van der Waals surface area (Å²) in [6.45, 7) is 1.52. The predicted molar refractivity (Wildman–Crippen MR) is 113 cm³/mol. The van der Waals surface area contributed by atoms with E-state index in [1.54, 1.807) is 6.20 Å². The second kappa shape index (κ2) is 7.04. The second-order valence-electron chi connectivity index (χ2n) is 6.50. The van der Waals surface area contributed by atoms with Gasteiger partial charge in [-0.2, -0.15) is 0 Å². The van der Waals surface area contributed by atoms with E-state index in [0.29, 0.717) is 12.3 Å². The fourth-order valence-corrected chi connectivity index (χ4v) is 3.30. The number of nitrogens with two attached hydrogens (primary N) is 1. The third-order valence-corrected chi connectivity index (χ3v) is 4.76. The second-order valence-corrected chi connectivity index (χ2v) is 6.50. The van der Waals surface area contributed by atoms with Crippen molar-refractivity contribution in [3.63, 3.8) is 0 Å². The summed E-state index contributed by atoms with van der Waals surface area (Å²) in [5.41, 5.74) is 12.0. The van der Waals surface area contributed by atoms with Crippen LogP contribution in [0.3, 0.4) is 0 Å². The summed E-state index contributed by atoms with van der Waals surface area (Å²) >= 11 is 0. The quantitative estimate of drug-likeness (QED) is 0.499. The van der Waals surface area contributed by atoms with Gasteiger partial charge in [0.05, 0.1) is 0 Å². The van der Waals surface area contributed by atoms with Gasteiger partial charge < -0.3 is 0 Å². The van der Waals surface area contributed by atoms with Gasteiger partial charge in [0.2, 0.25) is 0 Å². The Morgan fingerprint density at radius 1 is 1.33 bits per heavy atom. The molecular formula is C21H19BN5. The normalized spacial score (nSPS) is 13.9. The molecular weight excluding hydrogens is 333 g/mol. The molecule has 3 aromatic rings. The van der Waals surface area contributed by atoms with Crippen LogP contribution >= 0.6 is 0 Å². The number of rotatable bonds is 4. The van der Waals surface area contributed by atoms with E-state index in [0.717, 1.165) is 46.6 Å². The Kier molecular flexibility index (Phi) is 4.43. The SMILES string of the molecule is [B]=C(N)N1CC=C(c2cc3c(Nc4cccc(C#C)c4)ccnc3[nH]2)CC1. The molecule has 6 heteroatoms. The summed E-state index contributed by atoms with van der Waals surface area (Å²) in [7, 11) is 5.68. The van der Waals surface area contributed by atoms with Gasteiger partial charge in [0.15, 0.2) is 0 Å². The standard InChI is InChI=1S/C21H19BN5/c1-2-14-4-3-5-16(12-14)25-18-6-9-24-20-17(18)13-19(26-20)15-7-10-27(11-8-15)21(22)23/h1,3-7,9,12-13H,8,10-11,23H2,(H2,24,25,26). The van der Waals surface area contributed by atoms with Gasteiger partial charge in [-0.3, -0.25) is 0 Å². The molecule has 0 unspecified atom stereocenters. The topological polar surface area (TPSA) is 70.0 Å². The van der Waals surface area contributed by atoms with E-state index in [-0.39, 0.29) is 0 Å². The van der Waals surface area contributed by atoms with Gasteiger partial charge in [-0.1, -0.05) is 12.0 Å². The molecule has 0 amide bonds. The van der Waals surface area contributed by atoms with Crippen LogP contribution in [0, 0.1) is 12.3 Å². The number of terminal acetylenes is 1. The number of aromatic amines is 1. The molecule has 131 valence electrons. The van der Waals surface area contributed by atoms with Crippen LogP contribution in [0.15, 0.2) is 48.7 Å². The molecule has 0 bridgehead atoms. The van der Waals surface area contributed by atoms with Crippen LogP contribution < -0.4 is 11.1 Å². The van der Waals surface area contributed by atoms with Gasteiger partial charge in [-0.25, -0.2) is 0 Å². The van der Waals surface area contributed by atoms with Crippen LogP contribution in [0.5, 0.6) is 0 Å². The Hall–Kier alpha value is -3.46. The maximum atomic E-state index is 5.68. The number of hydrogen-bond acceptors (Lipinski definition) is 4. The predicted octanol–water partition coefficient (Wildman–Crippen LogP) is 2.59. The van der Waals surface area contributed by atoms with Crippen molar-refractivity contribution in [2.45, 2.75) is 6.42 Å². The van der Waals surface area contributed by atoms with Crippen LogP contribution in [0.4, 0.5) is 11.4 Å². The number of nitrogens with zero attached hydrogens (tertiary/aromatic N) is 2. The minimum atomic E-state index is 0.365. The first-order valence-corrected chi connectivity index (χ1v) is 8.78. The van der Waals surface area contributed by atoms with Gasteiger partial charge in [0.25, 0.3) is 0 Å². The number of nitrogens with one attached hydrogen (secondary N) is 2. The molecule has 1 radical (unpaired) electrons. The maximum absolute atomic E-state index is 5.68. The summed E-state index contributed by atoms with van der Waals surface area (Å²) in [4.78, 5) is 9.84. The summed E-state index contributed by atoms with van der Waals surface area (Å²) in [6, 6.07) is 11.9. The number of benzene rings is 1. The summed E-state index contributed by atoms with van der Waals surface area (Å²) in [6.07, 6.45) is 10.3. The van der Waals surface area contributed by atoms with E-state index in [1.807, 2.05) is 35.2 Å². The van der Waals surface area contributed by atoms with Gasteiger partial charge in [-0.15, -0.1) is 6.42 Å². The number of fused-ring (bicyclic) bond motifs is 1. The molecule has 0 fully saturated rings. The molecule has 4 N–H and O–H groups in total. The van der Waals surface area contributed by atoms with E-state index >= 15 is 0 Å². The molecule has 0 saturated heterocycles. The van der Waals surface area contributed by atoms with Crippen LogP contribution in [0.2, 0.25) is 0 Å². The van der Waals surface area contributed by atoms with Crippen LogP contribution in [-0.2, 0) is 0 Å². The molecule has 3 heterocycles. The molecule has 0 spiro atoms. The average molecular weight is 352 g/mol. The van der Waals surface area contributed by atoms with E-state index in [1.165, 1.54) is 5.57 Å². The zero-order valence-electron chi connectivity index (χ0n) is 14.9. The zero-order valence-corrected chi connectivity index (χ0v) is 14.9. The third-order valence-electron chi connectivity index (χ3n) is 4.76. The van der Waals surface area contributed by atoms with Crippen molar-refractivity contribution < 1.29 is 0 Å². The number of pyridine rings is 1. The van der Waals surface area contributed by atoms with E-state index in [2.05, 4.69) is 33.3 Å². The number of anilines is 2. The van der Waals surface area contributed by atoms with Crippen LogP contribution in [0.1, 0.15) is 17.7 Å². The van der Waals surface area contributed by atoms with Crippen LogP contribution in [-0.4, -0.2) is 41.2 Å². The molecule has 0 atom stereocenters. The van der Waals surface area contributed by atoms with Crippen molar-refractivity contribution in [3.8, 4) is 12.3 Å². The number of H-pyrrole nitrogens is 1. The average Bonchev–Trinajstić information content (AvgIpc) is 3.13. The Morgan fingerprint density at radius 3 is 2.96 bits per heavy atom. The zero-order chi connectivity index (χ0) is 18.8. The van der Waals surface area contributed by atoms with Gasteiger partial charge in [-0.05, 0) is 6.07 Å². The van der Waals surface area contributed by atoms with Crippen molar-refractivity contribution in [2.75, 3.05) is 18.4 Å². The van der Waals surface area contributed by atoms with E-state index in [9.17, 15) is 0 Å². The molecule has 5 nitrogen and oxygen atoms in total. The van der Waals surface area contributed by atoms with Crippen molar-refractivity contribution in [3.05, 3.63) is 59.9 Å². The Bertz CT molecular complexity index is 1090. The summed E-state index contributed by atoms with van der Waals surface area (Å²) in [5.74, 6) is 2.66. The van der Waals surface area contributed by atoms with Crippen LogP contribution in [0.25, 0.3) is 16.6 Å². The fraction of sp³-hybridized carbons (Fsp3) is 0.143. The summed E-state index contributed by atoms with van der Waals surface area (Å²) < 4.78 is 0. The number of aromatic nitrogens is 2. The van der Waals surface area contributed by atoms with Crippen molar-refractivity contribution in [1.82, 2.24) is 14.9 Å². The summed E-state index contributed by atoms with van der Waals surface area (Å²) in [5, 5.41) is 4.47.